The predicted molar refractivity (Wildman–Crippen MR) is 77.8 cm³/mol. The van der Waals surface area contributed by atoms with E-state index < -0.39 is 0 Å². The van der Waals surface area contributed by atoms with E-state index in [-0.39, 0.29) is 18.4 Å². The highest BCUT2D eigenvalue weighted by atomic mass is 16.5. The van der Waals surface area contributed by atoms with Crippen LogP contribution in [0.15, 0.2) is 18.2 Å². The van der Waals surface area contributed by atoms with Crippen molar-refractivity contribution in [2.45, 2.75) is 12.5 Å². The van der Waals surface area contributed by atoms with Crippen LogP contribution < -0.4 is 14.8 Å². The van der Waals surface area contributed by atoms with Gasteiger partial charge in [-0.15, -0.1) is 0 Å². The molecule has 1 aromatic rings. The molecule has 0 bridgehead atoms. The van der Waals surface area contributed by atoms with E-state index in [0.29, 0.717) is 17.1 Å². The number of carbonyl (C=O) groups is 1. The molecule has 0 amide bonds. The highest BCUT2D eigenvalue weighted by Gasteiger charge is 2.23. The number of rotatable bonds is 6. The second kappa shape index (κ2) is 6.72. The van der Waals surface area contributed by atoms with E-state index in [2.05, 4.69) is 17.3 Å². The first-order valence-corrected chi connectivity index (χ1v) is 6.85. The molecule has 0 aromatic heterocycles. The average molecular weight is 278 g/mol. The van der Waals surface area contributed by atoms with Crippen LogP contribution in [0.4, 0.5) is 0 Å². The average Bonchev–Trinajstić information content (AvgIpc) is 2.84. The molecule has 1 saturated heterocycles. The van der Waals surface area contributed by atoms with Crippen LogP contribution in [-0.4, -0.2) is 57.6 Å². The molecule has 0 spiro atoms. The molecular formula is C15H22N2O3. The Morgan fingerprint density at radius 2 is 2.30 bits per heavy atom. The lowest BCUT2D eigenvalue weighted by molar-refractivity contribution is 0.0989. The molecule has 1 aliphatic rings. The molecule has 5 nitrogen and oxygen atoms in total. The van der Waals surface area contributed by atoms with Crippen molar-refractivity contribution in [1.29, 1.82) is 0 Å². The molecule has 0 aliphatic carbocycles. The monoisotopic (exact) mass is 278 g/mol. The van der Waals surface area contributed by atoms with Gasteiger partial charge in [0.25, 0.3) is 0 Å². The first kappa shape index (κ1) is 14.8. The third-order valence-electron chi connectivity index (χ3n) is 3.46. The van der Waals surface area contributed by atoms with Gasteiger partial charge in [-0.25, -0.2) is 0 Å². The topological polar surface area (TPSA) is 50.8 Å². The Kier molecular flexibility index (Phi) is 4.98. The van der Waals surface area contributed by atoms with Gasteiger partial charge in [0.05, 0.1) is 19.2 Å². The molecule has 1 aromatic carbocycles. The summed E-state index contributed by atoms with van der Waals surface area (Å²) in [6.07, 6.45) is 1.15. The van der Waals surface area contributed by atoms with E-state index in [9.17, 15) is 4.79 Å². The van der Waals surface area contributed by atoms with Gasteiger partial charge in [0.15, 0.2) is 17.3 Å². The number of hydrogen-bond acceptors (Lipinski definition) is 5. The molecule has 5 heteroatoms. The number of Topliss-reactive ketones (excluding diaryl/α,β-unsaturated/α-hetero) is 1. The maximum atomic E-state index is 12.1. The lowest BCUT2D eigenvalue weighted by Gasteiger charge is -2.18. The molecular weight excluding hydrogens is 256 g/mol. The second-order valence-electron chi connectivity index (χ2n) is 5.08. The molecule has 0 saturated carbocycles. The Labute approximate surface area is 119 Å². The maximum Gasteiger partial charge on any atom is 0.180 e. The molecule has 1 fully saturated rings. The Balaban J connectivity index is 2.20. The molecule has 0 radical (unpaired) electrons. The summed E-state index contributed by atoms with van der Waals surface area (Å²) < 4.78 is 11.4. The van der Waals surface area contributed by atoms with Gasteiger partial charge in [-0.3, -0.25) is 4.79 Å². The summed E-state index contributed by atoms with van der Waals surface area (Å²) in [5.74, 6) is 1.18. The minimum atomic E-state index is -0.00154. The van der Waals surface area contributed by atoms with E-state index >= 15 is 0 Å². The van der Waals surface area contributed by atoms with Crippen molar-refractivity contribution in [2.24, 2.45) is 0 Å². The zero-order chi connectivity index (χ0) is 14.5. The molecule has 2 rings (SSSR count). The van der Waals surface area contributed by atoms with Crippen LogP contribution in [0.3, 0.4) is 0 Å². The van der Waals surface area contributed by atoms with Crippen LogP contribution in [0, 0.1) is 0 Å². The standard InChI is InChI=1S/C15H22N2O3/c1-16-9-13(18)12-5-4-6-14(15(12)19-3)20-11-7-8-17(2)10-11/h4-6,11,16H,7-10H2,1-3H3. The Morgan fingerprint density at radius 3 is 2.90 bits per heavy atom. The normalized spacial score (nSPS) is 19.1. The van der Waals surface area contributed by atoms with Crippen LogP contribution in [-0.2, 0) is 0 Å². The van der Waals surface area contributed by atoms with Crippen LogP contribution in [0.25, 0.3) is 0 Å². The fraction of sp³-hybridized carbons (Fsp3) is 0.533. The maximum absolute atomic E-state index is 12.1. The summed E-state index contributed by atoms with van der Waals surface area (Å²) in [7, 11) is 5.39. The van der Waals surface area contributed by atoms with E-state index in [1.807, 2.05) is 12.1 Å². The first-order chi connectivity index (χ1) is 9.65. The largest absolute Gasteiger partial charge is 0.492 e. The lowest BCUT2D eigenvalue weighted by atomic mass is 10.1. The van der Waals surface area contributed by atoms with Gasteiger partial charge in [-0.1, -0.05) is 6.07 Å². The fourth-order valence-electron chi connectivity index (χ4n) is 2.46. The van der Waals surface area contributed by atoms with Crippen molar-refractivity contribution in [3.8, 4) is 11.5 Å². The number of likely N-dealkylation sites (tertiary alicyclic amines) is 1. The lowest BCUT2D eigenvalue weighted by Crippen LogP contribution is -2.22. The Bertz CT molecular complexity index is 476. The van der Waals surface area contributed by atoms with Crippen LogP contribution in [0.2, 0.25) is 0 Å². The van der Waals surface area contributed by atoms with Gasteiger partial charge in [0.1, 0.15) is 6.10 Å². The number of ketones is 1. The van der Waals surface area contributed by atoms with Gasteiger partial charge in [-0.05, 0) is 32.6 Å². The third-order valence-corrected chi connectivity index (χ3v) is 3.46. The van der Waals surface area contributed by atoms with E-state index in [1.54, 1.807) is 20.2 Å². The number of carbonyl (C=O) groups excluding carboxylic acids is 1. The highest BCUT2D eigenvalue weighted by molar-refractivity contribution is 6.00. The van der Waals surface area contributed by atoms with Crippen molar-refractivity contribution in [3.63, 3.8) is 0 Å². The molecule has 1 atom stereocenters. The SMILES string of the molecule is CNCC(=O)c1cccc(OC2CCN(C)C2)c1OC. The van der Waals surface area contributed by atoms with Crippen LogP contribution in [0.5, 0.6) is 11.5 Å². The summed E-state index contributed by atoms with van der Waals surface area (Å²) >= 11 is 0. The van der Waals surface area contributed by atoms with E-state index in [4.69, 9.17) is 9.47 Å². The summed E-state index contributed by atoms with van der Waals surface area (Å²) in [5, 5.41) is 2.86. The number of para-hydroxylation sites is 1. The van der Waals surface area contributed by atoms with Gasteiger partial charge in [0.2, 0.25) is 0 Å². The minimum absolute atomic E-state index is 0.00154. The van der Waals surface area contributed by atoms with E-state index in [0.717, 1.165) is 19.5 Å². The summed E-state index contributed by atoms with van der Waals surface area (Å²) in [5.41, 5.74) is 0.561. The van der Waals surface area contributed by atoms with Crippen molar-refractivity contribution in [1.82, 2.24) is 10.2 Å². The summed E-state index contributed by atoms with van der Waals surface area (Å²) in [6.45, 7) is 2.22. The van der Waals surface area contributed by atoms with Crippen molar-refractivity contribution in [3.05, 3.63) is 23.8 Å². The van der Waals surface area contributed by atoms with Gasteiger partial charge in [0, 0.05) is 13.1 Å². The number of ether oxygens (including phenoxy) is 2. The number of hydrogen-bond donors (Lipinski definition) is 1. The van der Waals surface area contributed by atoms with Crippen LogP contribution >= 0.6 is 0 Å². The molecule has 1 heterocycles. The molecule has 1 aliphatic heterocycles. The van der Waals surface area contributed by atoms with Gasteiger partial charge in [-0.2, -0.15) is 0 Å². The third kappa shape index (κ3) is 3.29. The van der Waals surface area contributed by atoms with Gasteiger partial charge < -0.3 is 19.7 Å². The first-order valence-electron chi connectivity index (χ1n) is 6.85. The zero-order valence-corrected chi connectivity index (χ0v) is 12.3. The number of nitrogens with zero attached hydrogens (tertiary/aromatic N) is 1. The minimum Gasteiger partial charge on any atom is -0.492 e. The Hall–Kier alpha value is -1.59. The Morgan fingerprint density at radius 1 is 1.50 bits per heavy atom. The van der Waals surface area contributed by atoms with Crippen molar-refractivity contribution in [2.75, 3.05) is 40.8 Å². The number of methoxy groups -OCH3 is 1. The molecule has 1 N–H and O–H groups in total. The molecule has 1 unspecified atom stereocenters. The quantitative estimate of drug-likeness (QED) is 0.792. The second-order valence-corrected chi connectivity index (χ2v) is 5.08. The van der Waals surface area contributed by atoms with Crippen molar-refractivity contribution < 1.29 is 14.3 Å². The number of benzene rings is 1. The zero-order valence-electron chi connectivity index (χ0n) is 12.3. The van der Waals surface area contributed by atoms with E-state index in [1.165, 1.54) is 0 Å². The number of likely N-dealkylation sites (N-methyl/N-ethyl adjacent to an activating group) is 2. The number of nitrogens with one attached hydrogen (secondary N) is 1. The predicted octanol–water partition coefficient (Wildman–Crippen LogP) is 1.18. The van der Waals surface area contributed by atoms with Crippen molar-refractivity contribution >= 4 is 5.78 Å². The smallest absolute Gasteiger partial charge is 0.180 e. The molecule has 110 valence electrons. The van der Waals surface area contributed by atoms with Crippen LogP contribution in [0.1, 0.15) is 16.8 Å². The van der Waals surface area contributed by atoms with Gasteiger partial charge >= 0.3 is 0 Å². The fourth-order valence-corrected chi connectivity index (χ4v) is 2.46. The summed E-state index contributed by atoms with van der Waals surface area (Å²) in [4.78, 5) is 14.3. The summed E-state index contributed by atoms with van der Waals surface area (Å²) in [6, 6.07) is 5.46. The molecule has 20 heavy (non-hydrogen) atoms. The highest BCUT2D eigenvalue weighted by Crippen LogP contribution is 2.33.